The number of carbonyl (C=O) groups is 1. The number of rotatable bonds is 8. The molecule has 0 spiro atoms. The maximum atomic E-state index is 11.4. The Labute approximate surface area is 116 Å². The Balaban J connectivity index is 2.65. The van der Waals surface area contributed by atoms with Crippen LogP contribution in [-0.4, -0.2) is 29.2 Å². The Hall–Kier alpha value is -2.15. The summed E-state index contributed by atoms with van der Waals surface area (Å²) in [6.07, 6.45) is 1.66. The van der Waals surface area contributed by atoms with Crippen LogP contribution >= 0.6 is 0 Å². The molecule has 20 heavy (non-hydrogen) atoms. The van der Waals surface area contributed by atoms with Crippen LogP contribution in [0.15, 0.2) is 18.2 Å². The van der Waals surface area contributed by atoms with Crippen LogP contribution < -0.4 is 4.74 Å². The number of aliphatic hydroxyl groups excluding tert-OH is 1. The van der Waals surface area contributed by atoms with Crippen LogP contribution in [-0.2, 0) is 16.1 Å². The SMILES string of the molecule is CCCCOC(=O)COc1cc(CO)ccc1[N+](=O)[O-]. The van der Waals surface area contributed by atoms with Crippen LogP contribution in [0.5, 0.6) is 5.75 Å². The Morgan fingerprint density at radius 1 is 1.45 bits per heavy atom. The zero-order valence-electron chi connectivity index (χ0n) is 11.2. The van der Waals surface area contributed by atoms with E-state index in [1.54, 1.807) is 0 Å². The van der Waals surface area contributed by atoms with Gasteiger partial charge in [0.25, 0.3) is 0 Å². The summed E-state index contributed by atoms with van der Waals surface area (Å²) >= 11 is 0. The molecule has 0 radical (unpaired) electrons. The van der Waals surface area contributed by atoms with Gasteiger partial charge in [-0.05, 0) is 24.1 Å². The molecule has 110 valence electrons. The first kappa shape index (κ1) is 15.9. The number of nitro benzene ring substituents is 1. The molecule has 0 aliphatic rings. The van der Waals surface area contributed by atoms with Crippen molar-refractivity contribution in [1.29, 1.82) is 0 Å². The zero-order valence-corrected chi connectivity index (χ0v) is 11.2. The Morgan fingerprint density at radius 2 is 2.20 bits per heavy atom. The highest BCUT2D eigenvalue weighted by atomic mass is 16.6. The molecule has 1 rings (SSSR count). The minimum atomic E-state index is -0.612. The Kier molecular flexibility index (Phi) is 6.45. The Morgan fingerprint density at radius 3 is 2.80 bits per heavy atom. The van der Waals surface area contributed by atoms with Crippen LogP contribution in [0.4, 0.5) is 5.69 Å². The third-order valence-electron chi connectivity index (χ3n) is 2.51. The summed E-state index contributed by atoms with van der Waals surface area (Å²) < 4.78 is 9.98. The van der Waals surface area contributed by atoms with Gasteiger partial charge in [-0.25, -0.2) is 4.79 Å². The number of unbranched alkanes of at least 4 members (excludes halogenated alkanes) is 1. The molecule has 7 nitrogen and oxygen atoms in total. The second-order valence-electron chi connectivity index (χ2n) is 4.08. The summed E-state index contributed by atoms with van der Waals surface area (Å²) in [5, 5.41) is 19.8. The van der Waals surface area contributed by atoms with Crippen molar-refractivity contribution in [3.05, 3.63) is 33.9 Å². The van der Waals surface area contributed by atoms with E-state index in [1.807, 2.05) is 6.92 Å². The molecule has 0 fully saturated rings. The molecule has 0 atom stereocenters. The predicted octanol–water partition coefficient (Wildman–Crippen LogP) is 1.81. The van der Waals surface area contributed by atoms with Crippen molar-refractivity contribution < 1.29 is 24.3 Å². The van der Waals surface area contributed by atoms with Crippen LogP contribution in [0.3, 0.4) is 0 Å². The monoisotopic (exact) mass is 283 g/mol. The maximum Gasteiger partial charge on any atom is 0.344 e. The van der Waals surface area contributed by atoms with Crippen LogP contribution in [0.2, 0.25) is 0 Å². The lowest BCUT2D eigenvalue weighted by Crippen LogP contribution is -2.16. The summed E-state index contributed by atoms with van der Waals surface area (Å²) in [4.78, 5) is 21.6. The number of aliphatic hydroxyl groups is 1. The van der Waals surface area contributed by atoms with Crippen LogP contribution in [0.1, 0.15) is 25.3 Å². The standard InChI is InChI=1S/C13H17NO6/c1-2-3-6-19-13(16)9-20-12-7-10(8-15)4-5-11(12)14(17)18/h4-5,7,15H,2-3,6,8-9H2,1H3. The number of carbonyl (C=O) groups excluding carboxylic acids is 1. The third-order valence-corrected chi connectivity index (χ3v) is 2.51. The number of nitro groups is 1. The Bertz CT molecular complexity index is 474. The van der Waals surface area contributed by atoms with E-state index < -0.39 is 17.5 Å². The molecule has 1 aromatic rings. The van der Waals surface area contributed by atoms with E-state index >= 15 is 0 Å². The lowest BCUT2D eigenvalue weighted by atomic mass is 10.2. The fraction of sp³-hybridized carbons (Fsp3) is 0.462. The van der Waals surface area contributed by atoms with Gasteiger partial charge in [-0.15, -0.1) is 0 Å². The van der Waals surface area contributed by atoms with Gasteiger partial charge in [0.05, 0.1) is 18.1 Å². The molecule has 0 saturated heterocycles. The van der Waals surface area contributed by atoms with Crippen molar-refractivity contribution in [2.45, 2.75) is 26.4 Å². The van der Waals surface area contributed by atoms with Gasteiger partial charge in [-0.2, -0.15) is 0 Å². The van der Waals surface area contributed by atoms with E-state index in [2.05, 4.69) is 0 Å². The van der Waals surface area contributed by atoms with Gasteiger partial charge in [-0.1, -0.05) is 13.3 Å². The molecule has 7 heteroatoms. The number of esters is 1. The lowest BCUT2D eigenvalue weighted by molar-refractivity contribution is -0.385. The normalized spacial score (nSPS) is 10.1. The van der Waals surface area contributed by atoms with E-state index in [-0.39, 0.29) is 18.0 Å². The molecule has 0 heterocycles. The summed E-state index contributed by atoms with van der Waals surface area (Å²) in [6, 6.07) is 3.98. The summed E-state index contributed by atoms with van der Waals surface area (Å²) in [5.41, 5.74) is 0.202. The molecule has 0 unspecified atom stereocenters. The molecular weight excluding hydrogens is 266 g/mol. The number of hydrogen-bond acceptors (Lipinski definition) is 6. The van der Waals surface area contributed by atoms with Crippen molar-refractivity contribution >= 4 is 11.7 Å². The third kappa shape index (κ3) is 4.85. The first-order valence-electron chi connectivity index (χ1n) is 6.25. The first-order valence-corrected chi connectivity index (χ1v) is 6.25. The molecule has 0 aromatic heterocycles. The maximum absolute atomic E-state index is 11.4. The lowest BCUT2D eigenvalue weighted by Gasteiger charge is -2.08. The molecule has 0 bridgehead atoms. The van der Waals surface area contributed by atoms with Gasteiger partial charge >= 0.3 is 11.7 Å². The first-order chi connectivity index (χ1) is 9.58. The number of benzene rings is 1. The molecular formula is C13H17NO6. The quantitative estimate of drug-likeness (QED) is 0.338. The fourth-order valence-corrected chi connectivity index (χ4v) is 1.43. The second kappa shape index (κ2) is 8.11. The van der Waals surface area contributed by atoms with Crippen LogP contribution in [0.25, 0.3) is 0 Å². The number of nitrogens with zero attached hydrogens (tertiary/aromatic N) is 1. The van der Waals surface area contributed by atoms with Gasteiger partial charge in [0.2, 0.25) is 0 Å². The van der Waals surface area contributed by atoms with Gasteiger partial charge < -0.3 is 14.6 Å². The summed E-state index contributed by atoms with van der Waals surface area (Å²) in [5.74, 6) is -0.642. The number of hydrogen-bond donors (Lipinski definition) is 1. The topological polar surface area (TPSA) is 98.9 Å². The van der Waals surface area contributed by atoms with Crippen molar-refractivity contribution in [1.82, 2.24) is 0 Å². The number of ether oxygens (including phenoxy) is 2. The molecule has 0 amide bonds. The average Bonchev–Trinajstić information content (AvgIpc) is 2.44. The summed E-state index contributed by atoms with van der Waals surface area (Å²) in [7, 11) is 0. The smallest absolute Gasteiger partial charge is 0.344 e. The van der Waals surface area contributed by atoms with E-state index in [1.165, 1.54) is 18.2 Å². The minimum absolute atomic E-state index is 0.0611. The predicted molar refractivity (Wildman–Crippen MR) is 70.4 cm³/mol. The van der Waals surface area contributed by atoms with E-state index in [0.29, 0.717) is 12.2 Å². The van der Waals surface area contributed by atoms with E-state index in [4.69, 9.17) is 14.6 Å². The van der Waals surface area contributed by atoms with Crippen LogP contribution in [0, 0.1) is 10.1 Å². The van der Waals surface area contributed by atoms with Gasteiger partial charge in [-0.3, -0.25) is 10.1 Å². The van der Waals surface area contributed by atoms with Crippen molar-refractivity contribution in [3.63, 3.8) is 0 Å². The molecule has 1 N–H and O–H groups in total. The second-order valence-corrected chi connectivity index (χ2v) is 4.08. The van der Waals surface area contributed by atoms with Crippen molar-refractivity contribution in [3.8, 4) is 5.75 Å². The highest BCUT2D eigenvalue weighted by molar-refractivity contribution is 5.71. The van der Waals surface area contributed by atoms with E-state index in [9.17, 15) is 14.9 Å². The average molecular weight is 283 g/mol. The largest absolute Gasteiger partial charge is 0.475 e. The molecule has 0 saturated carbocycles. The molecule has 0 aliphatic carbocycles. The van der Waals surface area contributed by atoms with Crippen molar-refractivity contribution in [2.24, 2.45) is 0 Å². The van der Waals surface area contributed by atoms with Gasteiger partial charge in [0.1, 0.15) is 0 Å². The highest BCUT2D eigenvalue weighted by Crippen LogP contribution is 2.28. The molecule has 1 aromatic carbocycles. The zero-order chi connectivity index (χ0) is 15.0. The van der Waals surface area contributed by atoms with Gasteiger partial charge in [0.15, 0.2) is 12.4 Å². The highest BCUT2D eigenvalue weighted by Gasteiger charge is 2.17. The summed E-state index contributed by atoms with van der Waals surface area (Å²) in [6.45, 7) is 1.60. The van der Waals surface area contributed by atoms with E-state index in [0.717, 1.165) is 12.8 Å². The minimum Gasteiger partial charge on any atom is -0.475 e. The fourth-order valence-electron chi connectivity index (χ4n) is 1.43. The van der Waals surface area contributed by atoms with Gasteiger partial charge in [0, 0.05) is 6.07 Å². The molecule has 0 aliphatic heterocycles. The van der Waals surface area contributed by atoms with Crippen molar-refractivity contribution in [2.75, 3.05) is 13.2 Å².